The molecule has 17 heavy (non-hydrogen) atoms. The van der Waals surface area contributed by atoms with Crippen molar-refractivity contribution < 1.29 is 27.9 Å². The van der Waals surface area contributed by atoms with Crippen LogP contribution in [-0.2, 0) is 16.1 Å². The number of carbonyl (C=O) groups is 2. The van der Waals surface area contributed by atoms with E-state index < -0.39 is 24.6 Å². The van der Waals surface area contributed by atoms with E-state index in [1.807, 2.05) is 0 Å². The van der Waals surface area contributed by atoms with Gasteiger partial charge in [-0.05, 0) is 6.92 Å². The van der Waals surface area contributed by atoms with Crippen LogP contribution in [0, 0.1) is 6.92 Å². The Balaban J connectivity index is 2.91. The molecule has 6 nitrogen and oxygen atoms in total. The van der Waals surface area contributed by atoms with E-state index in [2.05, 4.69) is 5.10 Å². The van der Waals surface area contributed by atoms with Gasteiger partial charge in [0.1, 0.15) is 12.4 Å². The molecule has 0 saturated heterocycles. The van der Waals surface area contributed by atoms with Crippen LogP contribution in [0.25, 0.3) is 0 Å². The first-order valence-electron chi connectivity index (χ1n) is 4.34. The van der Waals surface area contributed by atoms with Crippen LogP contribution >= 0.6 is 0 Å². The molecule has 1 aromatic heterocycles. The lowest BCUT2D eigenvalue weighted by molar-refractivity contribution is -0.167. The molecular weight excluding hydrogens is 243 g/mol. The summed E-state index contributed by atoms with van der Waals surface area (Å²) in [4.78, 5) is 21.1. The summed E-state index contributed by atoms with van der Waals surface area (Å²) in [6.45, 7) is 0.822. The highest BCUT2D eigenvalue weighted by Crippen LogP contribution is 2.18. The van der Waals surface area contributed by atoms with Crippen molar-refractivity contribution in [1.82, 2.24) is 9.78 Å². The summed E-state index contributed by atoms with van der Waals surface area (Å²) in [7, 11) is 0. The number of hydrogen-bond acceptors (Lipinski definition) is 3. The topological polar surface area (TPSA) is 84.2 Å². The van der Waals surface area contributed by atoms with Gasteiger partial charge in [0, 0.05) is 6.07 Å². The SMILES string of the molecule is Cc1cc(NC(=O)C(F)(F)F)n(CC(=O)O)n1. The van der Waals surface area contributed by atoms with Crippen molar-refractivity contribution in [2.75, 3.05) is 5.32 Å². The van der Waals surface area contributed by atoms with Gasteiger partial charge >= 0.3 is 18.1 Å². The van der Waals surface area contributed by atoms with Gasteiger partial charge in [-0.2, -0.15) is 18.3 Å². The second kappa shape index (κ2) is 4.44. The molecule has 0 atom stereocenters. The standard InChI is InChI=1S/C8H8F3N3O3/c1-4-2-5(12-7(17)8(9,10)11)14(13-4)3-6(15)16/h2H,3H2,1H3,(H,12,17)(H,15,16). The molecule has 0 unspecified atom stereocenters. The maximum Gasteiger partial charge on any atom is 0.471 e. The van der Waals surface area contributed by atoms with Gasteiger partial charge in [0.05, 0.1) is 5.69 Å². The van der Waals surface area contributed by atoms with Crippen molar-refractivity contribution in [2.24, 2.45) is 0 Å². The van der Waals surface area contributed by atoms with Gasteiger partial charge < -0.3 is 10.4 Å². The predicted molar refractivity (Wildman–Crippen MR) is 49.3 cm³/mol. The molecule has 1 amide bonds. The summed E-state index contributed by atoms with van der Waals surface area (Å²) >= 11 is 0. The van der Waals surface area contributed by atoms with Gasteiger partial charge in [-0.25, -0.2) is 4.68 Å². The number of nitrogens with one attached hydrogen (secondary N) is 1. The lowest BCUT2D eigenvalue weighted by Crippen LogP contribution is -2.31. The fourth-order valence-corrected chi connectivity index (χ4v) is 1.08. The third kappa shape index (κ3) is 3.47. The Bertz CT molecular complexity index is 453. The van der Waals surface area contributed by atoms with Gasteiger partial charge in [-0.1, -0.05) is 0 Å². The summed E-state index contributed by atoms with van der Waals surface area (Å²) < 4.78 is 36.7. The average molecular weight is 251 g/mol. The molecule has 2 N–H and O–H groups in total. The lowest BCUT2D eigenvalue weighted by atomic mass is 10.4. The predicted octanol–water partition coefficient (Wildman–Crippen LogP) is 0.777. The average Bonchev–Trinajstić information content (AvgIpc) is 2.43. The monoisotopic (exact) mass is 251 g/mol. The summed E-state index contributed by atoms with van der Waals surface area (Å²) in [6, 6.07) is 1.15. The fraction of sp³-hybridized carbons (Fsp3) is 0.375. The van der Waals surface area contributed by atoms with E-state index in [9.17, 15) is 22.8 Å². The number of carbonyl (C=O) groups excluding carboxylic acids is 1. The van der Waals surface area contributed by atoms with E-state index in [4.69, 9.17) is 5.11 Å². The molecule has 0 bridgehead atoms. The van der Waals surface area contributed by atoms with Crippen LogP contribution in [0.2, 0.25) is 0 Å². The first-order chi connectivity index (χ1) is 7.70. The number of aliphatic carboxylic acids is 1. The second-order valence-corrected chi connectivity index (χ2v) is 3.17. The van der Waals surface area contributed by atoms with E-state index in [1.165, 1.54) is 6.92 Å². The van der Waals surface area contributed by atoms with Crippen LogP contribution in [0.1, 0.15) is 5.69 Å². The Morgan fingerprint density at radius 2 is 2.12 bits per heavy atom. The molecule has 0 aliphatic rings. The largest absolute Gasteiger partial charge is 0.480 e. The third-order valence-electron chi connectivity index (χ3n) is 1.69. The number of halogens is 3. The third-order valence-corrected chi connectivity index (χ3v) is 1.69. The van der Waals surface area contributed by atoms with Gasteiger partial charge in [0.15, 0.2) is 0 Å². The number of amides is 1. The van der Waals surface area contributed by atoms with Gasteiger partial charge in [0.2, 0.25) is 0 Å². The van der Waals surface area contributed by atoms with Crippen LogP contribution in [0.5, 0.6) is 0 Å². The summed E-state index contributed by atoms with van der Waals surface area (Å²) in [5.74, 6) is -3.77. The van der Waals surface area contributed by atoms with Gasteiger partial charge in [-0.15, -0.1) is 0 Å². The van der Waals surface area contributed by atoms with Crippen LogP contribution in [-0.4, -0.2) is 32.9 Å². The molecule has 1 rings (SSSR count). The Kier molecular flexibility index (Phi) is 3.39. The fourth-order valence-electron chi connectivity index (χ4n) is 1.08. The summed E-state index contributed by atoms with van der Waals surface area (Å²) in [5.41, 5.74) is 0.295. The van der Waals surface area contributed by atoms with Crippen LogP contribution < -0.4 is 5.32 Å². The van der Waals surface area contributed by atoms with Crippen molar-refractivity contribution in [3.63, 3.8) is 0 Å². The van der Waals surface area contributed by atoms with Gasteiger partial charge in [0.25, 0.3) is 0 Å². The number of anilines is 1. The number of carboxylic acid groups (broad SMARTS) is 1. The van der Waals surface area contributed by atoms with Crippen molar-refractivity contribution in [1.29, 1.82) is 0 Å². The number of carboxylic acids is 1. The quantitative estimate of drug-likeness (QED) is 0.831. The molecule has 1 aromatic rings. The first kappa shape index (κ1) is 13.0. The number of alkyl halides is 3. The molecule has 0 aliphatic carbocycles. The van der Waals surface area contributed by atoms with Crippen molar-refractivity contribution in [2.45, 2.75) is 19.6 Å². The zero-order valence-electron chi connectivity index (χ0n) is 8.58. The minimum absolute atomic E-state index is 0.295. The summed E-state index contributed by atoms with van der Waals surface area (Å²) in [6.07, 6.45) is -5.04. The molecule has 0 spiro atoms. The zero-order chi connectivity index (χ0) is 13.2. The van der Waals surface area contributed by atoms with E-state index in [0.29, 0.717) is 5.69 Å². The van der Waals surface area contributed by atoms with E-state index in [1.54, 1.807) is 5.32 Å². The molecule has 0 fully saturated rings. The highest BCUT2D eigenvalue weighted by atomic mass is 19.4. The van der Waals surface area contributed by atoms with Crippen LogP contribution in [0.4, 0.5) is 19.0 Å². The Labute approximate surface area is 93.0 Å². The van der Waals surface area contributed by atoms with Crippen molar-refractivity contribution in [3.8, 4) is 0 Å². The Morgan fingerprint density at radius 1 is 1.53 bits per heavy atom. The molecule has 94 valence electrons. The number of rotatable bonds is 3. The van der Waals surface area contributed by atoms with E-state index in [-0.39, 0.29) is 5.82 Å². The molecule has 0 radical (unpaired) electrons. The highest BCUT2D eigenvalue weighted by molar-refractivity contribution is 5.94. The highest BCUT2D eigenvalue weighted by Gasteiger charge is 2.39. The van der Waals surface area contributed by atoms with Crippen LogP contribution in [0.15, 0.2) is 6.07 Å². The van der Waals surface area contributed by atoms with Crippen molar-refractivity contribution >= 4 is 17.7 Å². The Hall–Kier alpha value is -2.06. The van der Waals surface area contributed by atoms with Gasteiger partial charge in [-0.3, -0.25) is 9.59 Å². The minimum atomic E-state index is -5.04. The minimum Gasteiger partial charge on any atom is -0.480 e. The summed E-state index contributed by atoms with van der Waals surface area (Å²) in [5, 5.41) is 13.7. The van der Waals surface area contributed by atoms with Crippen LogP contribution in [0.3, 0.4) is 0 Å². The molecule has 9 heteroatoms. The first-order valence-corrected chi connectivity index (χ1v) is 4.34. The van der Waals surface area contributed by atoms with E-state index in [0.717, 1.165) is 10.7 Å². The number of nitrogens with zero attached hydrogens (tertiary/aromatic N) is 2. The second-order valence-electron chi connectivity index (χ2n) is 3.17. The maximum atomic E-state index is 12.0. The molecule has 1 heterocycles. The molecule has 0 aliphatic heterocycles. The molecular formula is C8H8F3N3O3. The maximum absolute atomic E-state index is 12.0. The number of aromatic nitrogens is 2. The molecule has 0 aromatic carbocycles. The smallest absolute Gasteiger partial charge is 0.471 e. The lowest BCUT2D eigenvalue weighted by Gasteiger charge is -2.08. The normalized spacial score (nSPS) is 11.3. The number of aryl methyl sites for hydroxylation is 1. The molecule has 0 saturated carbocycles. The Morgan fingerprint density at radius 3 is 2.59 bits per heavy atom. The van der Waals surface area contributed by atoms with Crippen molar-refractivity contribution in [3.05, 3.63) is 11.8 Å². The number of hydrogen-bond donors (Lipinski definition) is 2. The van der Waals surface area contributed by atoms with E-state index >= 15 is 0 Å². The zero-order valence-corrected chi connectivity index (χ0v) is 8.58.